The van der Waals surface area contributed by atoms with Crippen molar-refractivity contribution in [1.82, 2.24) is 4.98 Å². The molecule has 86 valence electrons. The number of benzene rings is 1. The van der Waals surface area contributed by atoms with Gasteiger partial charge in [-0.15, -0.1) is 0 Å². The zero-order chi connectivity index (χ0) is 12.3. The summed E-state index contributed by atoms with van der Waals surface area (Å²) in [5.74, 6) is -0.341. The Bertz CT molecular complexity index is 543. The third-order valence-electron chi connectivity index (χ3n) is 2.03. The Morgan fingerprint density at radius 1 is 1.29 bits per heavy atom. The van der Waals surface area contributed by atoms with Gasteiger partial charge in [0.15, 0.2) is 0 Å². The summed E-state index contributed by atoms with van der Waals surface area (Å²) in [5, 5.41) is 8.97. The van der Waals surface area contributed by atoms with Crippen molar-refractivity contribution in [3.8, 4) is 11.6 Å². The summed E-state index contributed by atoms with van der Waals surface area (Å²) in [4.78, 5) is 14.8. The Morgan fingerprint density at radius 3 is 2.65 bits per heavy atom. The van der Waals surface area contributed by atoms with Gasteiger partial charge < -0.3 is 9.84 Å². The van der Waals surface area contributed by atoms with Gasteiger partial charge in [-0.3, -0.25) is 0 Å². The highest BCUT2D eigenvalue weighted by atomic mass is 35.5. The third kappa shape index (κ3) is 2.73. The van der Waals surface area contributed by atoms with Crippen LogP contribution in [0.4, 0.5) is 0 Å². The van der Waals surface area contributed by atoms with Gasteiger partial charge in [0.1, 0.15) is 5.75 Å². The monoisotopic (exact) mass is 249 g/mol. The standard InChI is InChI=1S/C12H8ClNO3/c13-10-7-14-11(6-9(10)12(15)16)17-8-4-2-1-3-5-8/h1-7H,(H,15,16). The van der Waals surface area contributed by atoms with Crippen LogP contribution in [0, 0.1) is 0 Å². The van der Waals surface area contributed by atoms with E-state index in [-0.39, 0.29) is 16.5 Å². The molecular weight excluding hydrogens is 242 g/mol. The predicted octanol–water partition coefficient (Wildman–Crippen LogP) is 3.23. The molecule has 1 aromatic heterocycles. The van der Waals surface area contributed by atoms with E-state index in [1.165, 1.54) is 12.3 Å². The number of carbonyl (C=O) groups is 1. The summed E-state index contributed by atoms with van der Waals surface area (Å²) >= 11 is 5.70. The average molecular weight is 250 g/mol. The van der Waals surface area contributed by atoms with Crippen LogP contribution in [0.3, 0.4) is 0 Å². The minimum absolute atomic E-state index is 0.0346. The predicted molar refractivity (Wildman–Crippen MR) is 62.7 cm³/mol. The first kappa shape index (κ1) is 11.4. The number of ether oxygens (including phenoxy) is 1. The largest absolute Gasteiger partial charge is 0.478 e. The first-order chi connectivity index (χ1) is 8.16. The maximum Gasteiger partial charge on any atom is 0.337 e. The van der Waals surface area contributed by atoms with Crippen LogP contribution in [-0.4, -0.2) is 16.1 Å². The fourth-order valence-electron chi connectivity index (χ4n) is 1.25. The molecular formula is C12H8ClNO3. The van der Waals surface area contributed by atoms with Gasteiger partial charge in [-0.05, 0) is 12.1 Å². The van der Waals surface area contributed by atoms with Crippen LogP contribution in [-0.2, 0) is 0 Å². The molecule has 1 N–H and O–H groups in total. The summed E-state index contributed by atoms with van der Waals surface area (Å²) in [6.45, 7) is 0. The van der Waals surface area contributed by atoms with Gasteiger partial charge in [0.05, 0.1) is 16.8 Å². The number of para-hydroxylation sites is 1. The lowest BCUT2D eigenvalue weighted by atomic mass is 10.3. The highest BCUT2D eigenvalue weighted by Gasteiger charge is 2.11. The van der Waals surface area contributed by atoms with E-state index in [1.807, 2.05) is 18.2 Å². The highest BCUT2D eigenvalue weighted by molar-refractivity contribution is 6.33. The molecule has 0 saturated carbocycles. The van der Waals surface area contributed by atoms with Crippen molar-refractivity contribution in [2.24, 2.45) is 0 Å². The molecule has 1 aromatic carbocycles. The van der Waals surface area contributed by atoms with E-state index < -0.39 is 5.97 Å². The molecule has 2 rings (SSSR count). The first-order valence-electron chi connectivity index (χ1n) is 4.78. The Balaban J connectivity index is 2.29. The lowest BCUT2D eigenvalue weighted by molar-refractivity contribution is 0.0696. The normalized spacial score (nSPS) is 9.94. The molecule has 0 radical (unpaired) electrons. The van der Waals surface area contributed by atoms with Crippen LogP contribution in [0.2, 0.25) is 5.02 Å². The summed E-state index contributed by atoms with van der Waals surface area (Å²) in [6.07, 6.45) is 1.25. The fourth-order valence-corrected chi connectivity index (χ4v) is 1.43. The number of rotatable bonds is 3. The molecule has 0 spiro atoms. The van der Waals surface area contributed by atoms with E-state index in [9.17, 15) is 4.79 Å². The minimum atomic E-state index is -1.12. The van der Waals surface area contributed by atoms with Crippen molar-refractivity contribution in [2.45, 2.75) is 0 Å². The SMILES string of the molecule is O=C(O)c1cc(Oc2ccccc2)ncc1Cl. The van der Waals surface area contributed by atoms with Crippen LogP contribution in [0.1, 0.15) is 10.4 Å². The third-order valence-corrected chi connectivity index (χ3v) is 2.33. The van der Waals surface area contributed by atoms with Crippen molar-refractivity contribution in [1.29, 1.82) is 0 Å². The van der Waals surface area contributed by atoms with Crippen LogP contribution in [0.25, 0.3) is 0 Å². The molecule has 0 aliphatic carbocycles. The van der Waals surface area contributed by atoms with E-state index in [2.05, 4.69) is 4.98 Å². The maximum absolute atomic E-state index is 10.9. The topological polar surface area (TPSA) is 59.4 Å². The second-order valence-corrected chi connectivity index (χ2v) is 3.63. The molecule has 17 heavy (non-hydrogen) atoms. The summed E-state index contributed by atoms with van der Waals surface area (Å²) in [7, 11) is 0. The molecule has 0 unspecified atom stereocenters. The quantitative estimate of drug-likeness (QED) is 0.907. The first-order valence-corrected chi connectivity index (χ1v) is 5.16. The number of halogens is 1. The van der Waals surface area contributed by atoms with Crippen molar-refractivity contribution >= 4 is 17.6 Å². The molecule has 5 heteroatoms. The Morgan fingerprint density at radius 2 is 2.00 bits per heavy atom. The molecule has 2 aromatic rings. The lowest BCUT2D eigenvalue weighted by Gasteiger charge is -2.05. The van der Waals surface area contributed by atoms with Crippen LogP contribution < -0.4 is 4.74 Å². The maximum atomic E-state index is 10.9. The number of carboxylic acids is 1. The molecule has 4 nitrogen and oxygen atoms in total. The summed E-state index contributed by atoms with van der Waals surface area (Å²) in [5.41, 5.74) is -0.0346. The smallest absolute Gasteiger partial charge is 0.337 e. The number of hydrogen-bond donors (Lipinski definition) is 1. The highest BCUT2D eigenvalue weighted by Crippen LogP contribution is 2.23. The number of carboxylic acid groups (broad SMARTS) is 1. The molecule has 0 saturated heterocycles. The number of aromatic nitrogens is 1. The summed E-state index contributed by atoms with van der Waals surface area (Å²) < 4.78 is 5.39. The van der Waals surface area contributed by atoms with E-state index in [0.717, 1.165) is 0 Å². The fraction of sp³-hybridized carbons (Fsp3) is 0. The van der Waals surface area contributed by atoms with Gasteiger partial charge in [-0.1, -0.05) is 29.8 Å². The van der Waals surface area contributed by atoms with Crippen molar-refractivity contribution in [3.05, 3.63) is 53.2 Å². The molecule has 0 aliphatic rings. The molecule has 0 atom stereocenters. The zero-order valence-electron chi connectivity index (χ0n) is 8.63. The van der Waals surface area contributed by atoms with Crippen molar-refractivity contribution in [3.63, 3.8) is 0 Å². The summed E-state index contributed by atoms with van der Waals surface area (Å²) in [6, 6.07) is 10.3. The van der Waals surface area contributed by atoms with Crippen molar-refractivity contribution < 1.29 is 14.6 Å². The number of pyridine rings is 1. The minimum Gasteiger partial charge on any atom is -0.478 e. The van der Waals surface area contributed by atoms with Gasteiger partial charge >= 0.3 is 5.97 Å². The van der Waals surface area contributed by atoms with E-state index in [1.54, 1.807) is 12.1 Å². The molecule has 0 aliphatic heterocycles. The lowest BCUT2D eigenvalue weighted by Crippen LogP contribution is -1.99. The second-order valence-electron chi connectivity index (χ2n) is 3.22. The Kier molecular flexibility index (Phi) is 3.25. The number of aromatic carboxylic acids is 1. The van der Waals surface area contributed by atoms with E-state index in [4.69, 9.17) is 21.4 Å². The van der Waals surface area contributed by atoms with Crippen LogP contribution >= 0.6 is 11.6 Å². The van der Waals surface area contributed by atoms with Gasteiger partial charge in [0, 0.05) is 6.07 Å². The molecule has 0 fully saturated rings. The van der Waals surface area contributed by atoms with Gasteiger partial charge in [-0.25, -0.2) is 9.78 Å². The van der Waals surface area contributed by atoms with E-state index >= 15 is 0 Å². The van der Waals surface area contributed by atoms with Gasteiger partial charge in [0.2, 0.25) is 5.88 Å². The van der Waals surface area contributed by atoms with E-state index in [0.29, 0.717) is 5.75 Å². The molecule has 0 amide bonds. The number of nitrogens with zero attached hydrogens (tertiary/aromatic N) is 1. The van der Waals surface area contributed by atoms with Crippen molar-refractivity contribution in [2.75, 3.05) is 0 Å². The van der Waals surface area contributed by atoms with Gasteiger partial charge in [0.25, 0.3) is 0 Å². The Labute approximate surface area is 102 Å². The number of hydrogen-bond acceptors (Lipinski definition) is 3. The zero-order valence-corrected chi connectivity index (χ0v) is 9.39. The second kappa shape index (κ2) is 4.84. The average Bonchev–Trinajstić information content (AvgIpc) is 2.32. The molecule has 0 bridgehead atoms. The molecule has 1 heterocycles. The van der Waals surface area contributed by atoms with Crippen LogP contribution in [0.15, 0.2) is 42.6 Å². The van der Waals surface area contributed by atoms with Crippen LogP contribution in [0.5, 0.6) is 11.6 Å². The van der Waals surface area contributed by atoms with Gasteiger partial charge in [-0.2, -0.15) is 0 Å². The Hall–Kier alpha value is -2.07.